The van der Waals surface area contributed by atoms with Crippen molar-refractivity contribution in [2.75, 3.05) is 26.0 Å². The van der Waals surface area contributed by atoms with Gasteiger partial charge in [-0.3, -0.25) is 4.90 Å². The Balaban J connectivity index is 3.74. The first-order chi connectivity index (χ1) is 5.35. The Bertz CT molecular complexity index is 151. The Kier molecular flexibility index (Phi) is 4.83. The Labute approximate surface area is 79.8 Å². The van der Waals surface area contributed by atoms with Gasteiger partial charge in [0.05, 0.1) is 5.60 Å². The van der Waals surface area contributed by atoms with Crippen LogP contribution in [0.3, 0.4) is 0 Å². The van der Waals surface area contributed by atoms with E-state index in [1.807, 2.05) is 11.9 Å². The van der Waals surface area contributed by atoms with Gasteiger partial charge in [0.1, 0.15) is 0 Å². The van der Waals surface area contributed by atoms with E-state index >= 15 is 0 Å². The van der Waals surface area contributed by atoms with Gasteiger partial charge in [-0.2, -0.15) is 0 Å². The lowest BCUT2D eigenvalue weighted by atomic mass is 10.1. The third kappa shape index (κ3) is 6.65. The molecule has 0 amide bonds. The second kappa shape index (κ2) is 4.85. The van der Waals surface area contributed by atoms with Crippen LogP contribution in [-0.4, -0.2) is 41.6 Å². The third-order valence-electron chi connectivity index (χ3n) is 1.34. The van der Waals surface area contributed by atoms with Crippen molar-refractivity contribution in [2.45, 2.75) is 19.4 Å². The number of rotatable bonds is 5. The molecule has 0 radical (unpaired) electrons. The highest BCUT2D eigenvalue weighted by Crippen LogP contribution is 2.05. The van der Waals surface area contributed by atoms with Crippen LogP contribution in [0.15, 0.2) is 12.2 Å². The first kappa shape index (κ1) is 11.9. The van der Waals surface area contributed by atoms with E-state index in [0.717, 1.165) is 12.1 Å². The minimum absolute atomic E-state index is 0.482. The minimum atomic E-state index is -0.651. The monoisotopic (exact) mass is 191 g/mol. The molecule has 72 valence electrons. The molecule has 0 spiro atoms. The summed E-state index contributed by atoms with van der Waals surface area (Å²) in [5.74, 6) is 0.482. The van der Waals surface area contributed by atoms with Crippen LogP contribution >= 0.6 is 11.6 Å². The lowest BCUT2D eigenvalue weighted by Gasteiger charge is -2.25. The van der Waals surface area contributed by atoms with Crippen LogP contribution in [-0.2, 0) is 0 Å². The van der Waals surface area contributed by atoms with Crippen LogP contribution < -0.4 is 0 Å². The molecule has 0 aromatic heterocycles. The van der Waals surface area contributed by atoms with Crippen LogP contribution in [0, 0.1) is 0 Å². The van der Waals surface area contributed by atoms with Crippen molar-refractivity contribution in [2.24, 2.45) is 0 Å². The van der Waals surface area contributed by atoms with Crippen molar-refractivity contribution in [1.29, 1.82) is 0 Å². The van der Waals surface area contributed by atoms with Gasteiger partial charge in [-0.05, 0) is 26.5 Å². The second-order valence-electron chi connectivity index (χ2n) is 3.87. The summed E-state index contributed by atoms with van der Waals surface area (Å²) in [7, 11) is 1.94. The van der Waals surface area contributed by atoms with Gasteiger partial charge in [0.25, 0.3) is 0 Å². The molecular weight excluding hydrogens is 174 g/mol. The molecule has 0 rings (SSSR count). The fraction of sp³-hybridized carbons (Fsp3) is 0.778. The largest absolute Gasteiger partial charge is 0.389 e. The molecular formula is C9H18ClNO. The van der Waals surface area contributed by atoms with Crippen molar-refractivity contribution in [1.82, 2.24) is 4.90 Å². The SMILES string of the molecule is C=C(CCl)CN(C)CC(C)(C)O. The lowest BCUT2D eigenvalue weighted by Crippen LogP contribution is -2.37. The molecule has 0 unspecified atom stereocenters. The van der Waals surface area contributed by atoms with Gasteiger partial charge in [0, 0.05) is 19.0 Å². The molecule has 1 N–H and O–H groups in total. The lowest BCUT2D eigenvalue weighted by molar-refractivity contribution is 0.0473. The smallest absolute Gasteiger partial charge is 0.0718 e. The zero-order chi connectivity index (χ0) is 9.78. The summed E-state index contributed by atoms with van der Waals surface area (Å²) in [5.41, 5.74) is 0.324. The third-order valence-corrected chi connectivity index (χ3v) is 1.72. The van der Waals surface area contributed by atoms with Crippen LogP contribution in [0.25, 0.3) is 0 Å². The van der Waals surface area contributed by atoms with E-state index in [9.17, 15) is 5.11 Å². The number of hydrogen-bond acceptors (Lipinski definition) is 2. The van der Waals surface area contributed by atoms with Crippen LogP contribution in [0.2, 0.25) is 0 Å². The number of aliphatic hydroxyl groups is 1. The van der Waals surface area contributed by atoms with Crippen LogP contribution in [0.4, 0.5) is 0 Å². The molecule has 0 bridgehead atoms. The molecule has 0 saturated carbocycles. The average Bonchev–Trinajstić information content (AvgIpc) is 1.82. The summed E-state index contributed by atoms with van der Waals surface area (Å²) >= 11 is 5.58. The maximum absolute atomic E-state index is 9.47. The van der Waals surface area contributed by atoms with E-state index in [1.54, 1.807) is 13.8 Å². The maximum atomic E-state index is 9.47. The highest BCUT2D eigenvalue weighted by molar-refractivity contribution is 6.19. The molecule has 0 atom stereocenters. The number of hydrogen-bond donors (Lipinski definition) is 1. The summed E-state index contributed by atoms with van der Waals surface area (Å²) in [6.45, 7) is 8.73. The van der Waals surface area contributed by atoms with E-state index in [1.165, 1.54) is 0 Å². The van der Waals surface area contributed by atoms with Crippen LogP contribution in [0.1, 0.15) is 13.8 Å². The molecule has 0 heterocycles. The number of alkyl halides is 1. The summed E-state index contributed by atoms with van der Waals surface area (Å²) < 4.78 is 0. The number of nitrogens with zero attached hydrogens (tertiary/aromatic N) is 1. The molecule has 12 heavy (non-hydrogen) atoms. The first-order valence-corrected chi connectivity index (χ1v) is 4.52. The van der Waals surface area contributed by atoms with E-state index in [2.05, 4.69) is 6.58 Å². The minimum Gasteiger partial charge on any atom is -0.389 e. The first-order valence-electron chi connectivity index (χ1n) is 3.98. The predicted octanol–water partition coefficient (Wildman–Crippen LogP) is 1.48. The second-order valence-corrected chi connectivity index (χ2v) is 4.14. The van der Waals surface area contributed by atoms with E-state index in [4.69, 9.17) is 11.6 Å². The molecule has 0 aliphatic heterocycles. The topological polar surface area (TPSA) is 23.5 Å². The van der Waals surface area contributed by atoms with E-state index < -0.39 is 5.60 Å². The quantitative estimate of drug-likeness (QED) is 0.526. The zero-order valence-corrected chi connectivity index (χ0v) is 8.86. The molecule has 0 aliphatic carbocycles. The normalized spacial score (nSPS) is 12.2. The molecule has 0 aromatic rings. The molecule has 0 aliphatic rings. The van der Waals surface area contributed by atoms with Crippen molar-refractivity contribution >= 4 is 11.6 Å². The Morgan fingerprint density at radius 3 is 2.42 bits per heavy atom. The Morgan fingerprint density at radius 1 is 1.58 bits per heavy atom. The average molecular weight is 192 g/mol. The highest BCUT2D eigenvalue weighted by Gasteiger charge is 2.15. The van der Waals surface area contributed by atoms with Gasteiger partial charge in [0.15, 0.2) is 0 Å². The van der Waals surface area contributed by atoms with Crippen molar-refractivity contribution in [3.8, 4) is 0 Å². The van der Waals surface area contributed by atoms with Crippen molar-refractivity contribution in [3.05, 3.63) is 12.2 Å². The Hall–Kier alpha value is -0.0500. The molecule has 0 saturated heterocycles. The van der Waals surface area contributed by atoms with Crippen LogP contribution in [0.5, 0.6) is 0 Å². The molecule has 3 heteroatoms. The number of halogens is 1. The summed E-state index contributed by atoms with van der Waals surface area (Å²) in [5, 5.41) is 9.47. The fourth-order valence-electron chi connectivity index (χ4n) is 1.14. The molecule has 0 aromatic carbocycles. The summed E-state index contributed by atoms with van der Waals surface area (Å²) in [6.07, 6.45) is 0. The van der Waals surface area contributed by atoms with Gasteiger partial charge >= 0.3 is 0 Å². The summed E-state index contributed by atoms with van der Waals surface area (Å²) in [4.78, 5) is 2.00. The number of likely N-dealkylation sites (N-methyl/N-ethyl adjacent to an activating group) is 1. The maximum Gasteiger partial charge on any atom is 0.0718 e. The van der Waals surface area contributed by atoms with Crippen molar-refractivity contribution < 1.29 is 5.11 Å². The summed E-state index contributed by atoms with van der Waals surface area (Å²) in [6, 6.07) is 0. The van der Waals surface area contributed by atoms with Gasteiger partial charge in [-0.1, -0.05) is 6.58 Å². The fourth-order valence-corrected chi connectivity index (χ4v) is 1.22. The van der Waals surface area contributed by atoms with E-state index in [-0.39, 0.29) is 0 Å². The standard InChI is InChI=1S/C9H18ClNO/c1-8(5-10)6-11(4)7-9(2,3)12/h12H,1,5-7H2,2-4H3. The zero-order valence-electron chi connectivity index (χ0n) is 8.10. The van der Waals surface area contributed by atoms with Crippen molar-refractivity contribution in [3.63, 3.8) is 0 Å². The van der Waals surface area contributed by atoms with Gasteiger partial charge in [-0.15, -0.1) is 11.6 Å². The highest BCUT2D eigenvalue weighted by atomic mass is 35.5. The molecule has 2 nitrogen and oxygen atoms in total. The molecule has 0 fully saturated rings. The predicted molar refractivity (Wildman–Crippen MR) is 53.7 cm³/mol. The van der Waals surface area contributed by atoms with Gasteiger partial charge in [0.2, 0.25) is 0 Å². The van der Waals surface area contributed by atoms with Gasteiger partial charge < -0.3 is 5.11 Å². The van der Waals surface area contributed by atoms with E-state index in [0.29, 0.717) is 12.4 Å². The Morgan fingerprint density at radius 2 is 2.08 bits per heavy atom. The van der Waals surface area contributed by atoms with Gasteiger partial charge in [-0.25, -0.2) is 0 Å².